The molecule has 0 amide bonds. The molecule has 8 aliphatic rings. The third kappa shape index (κ3) is 11.8. The van der Waals surface area contributed by atoms with Crippen LogP contribution in [-0.2, 0) is 47.6 Å². The van der Waals surface area contributed by atoms with Crippen LogP contribution in [0.4, 0.5) is 0 Å². The molecule has 16 heteroatoms. The van der Waals surface area contributed by atoms with Crippen molar-refractivity contribution in [3.8, 4) is 11.5 Å². The predicted molar refractivity (Wildman–Crippen MR) is 295 cm³/mol. The Morgan fingerprint density at radius 3 is 1.37 bits per heavy atom. The van der Waals surface area contributed by atoms with Gasteiger partial charge < -0.3 is 37.9 Å². The first-order chi connectivity index (χ1) is 37.4. The molecule has 12 rings (SSSR count). The molecule has 0 saturated carbocycles. The fourth-order valence-electron chi connectivity index (χ4n) is 13.7. The number of hydrogen-bond acceptors (Lipinski definition) is 16. The van der Waals surface area contributed by atoms with Gasteiger partial charge in [0.15, 0.2) is 11.2 Å². The van der Waals surface area contributed by atoms with Crippen molar-refractivity contribution in [2.45, 2.75) is 151 Å². The minimum absolute atomic E-state index is 0.0209. The van der Waals surface area contributed by atoms with Gasteiger partial charge in [-0.3, -0.25) is 29.4 Å². The second kappa shape index (κ2) is 23.4. The number of methoxy groups -OCH3 is 4. The van der Waals surface area contributed by atoms with Crippen LogP contribution in [-0.4, -0.2) is 133 Å². The number of piperidine rings is 6. The summed E-state index contributed by atoms with van der Waals surface area (Å²) in [4.78, 5) is 67.5. The van der Waals surface area contributed by atoms with Gasteiger partial charge >= 0.3 is 23.9 Å². The van der Waals surface area contributed by atoms with E-state index in [1.54, 1.807) is 26.6 Å². The number of ether oxygens (including phenoxy) is 8. The number of rotatable bonds is 16. The maximum absolute atomic E-state index is 14.2. The van der Waals surface area contributed by atoms with E-state index in [2.05, 4.69) is 45.1 Å². The first-order valence-electron chi connectivity index (χ1n) is 27.9. The van der Waals surface area contributed by atoms with E-state index in [4.69, 9.17) is 37.9 Å². The van der Waals surface area contributed by atoms with Crippen LogP contribution < -0.4 is 9.47 Å². The molecule has 0 aliphatic carbocycles. The quantitative estimate of drug-likeness (QED) is 0.0588. The molecule has 12 atom stereocenters. The molecule has 4 bridgehead atoms. The summed E-state index contributed by atoms with van der Waals surface area (Å²) in [5.41, 5.74) is -0.584. The fourth-order valence-corrected chi connectivity index (χ4v) is 13.7. The van der Waals surface area contributed by atoms with E-state index in [0.29, 0.717) is 48.0 Å². The van der Waals surface area contributed by atoms with Crippen LogP contribution >= 0.6 is 0 Å². The zero-order valence-electron chi connectivity index (χ0n) is 47.0. The van der Waals surface area contributed by atoms with E-state index in [9.17, 15) is 19.2 Å². The number of esters is 4. The van der Waals surface area contributed by atoms with Crippen LogP contribution in [0.3, 0.4) is 0 Å². The number of aromatic nitrogens is 2. The Morgan fingerprint density at radius 1 is 0.628 bits per heavy atom. The highest BCUT2D eigenvalue weighted by Crippen LogP contribution is 2.48. The maximum atomic E-state index is 14.2. The van der Waals surface area contributed by atoms with Crippen molar-refractivity contribution in [1.29, 1.82) is 0 Å². The standard InChI is InChI=1S/2C31H40N2O6/c2*1-6-20-19-33-15-11-21(20)16-26(33)28(23-10-14-32-25-9-8-22(36-4)17-24(23)25)38-29(35)31(18-27(34)37-5)13-7-12-30(2,3)39-31/h2*6,8-10,14,17,20-21,26,28H,1,7,11-13,15-16,18-19H2,2-5H3/t2*20?,21-,26-,28+,31+/m00/s1. The van der Waals surface area contributed by atoms with Crippen molar-refractivity contribution < 1.29 is 57.1 Å². The second-order valence-electron chi connectivity index (χ2n) is 23.6. The summed E-state index contributed by atoms with van der Waals surface area (Å²) in [7, 11) is 5.93. The summed E-state index contributed by atoms with van der Waals surface area (Å²) >= 11 is 0. The number of fused-ring (bicyclic) bond motifs is 8. The van der Waals surface area contributed by atoms with Gasteiger partial charge in [-0.25, -0.2) is 9.59 Å². The van der Waals surface area contributed by atoms with E-state index in [1.807, 2.05) is 76.2 Å². The second-order valence-corrected chi connectivity index (χ2v) is 23.6. The van der Waals surface area contributed by atoms with Gasteiger partial charge in [0.05, 0.1) is 75.6 Å². The van der Waals surface area contributed by atoms with Gasteiger partial charge in [-0.05, 0) is 177 Å². The Bertz CT molecular complexity index is 2680. The Kier molecular flexibility index (Phi) is 17.0. The van der Waals surface area contributed by atoms with Crippen LogP contribution in [0.25, 0.3) is 21.8 Å². The van der Waals surface area contributed by atoms with Crippen molar-refractivity contribution in [2.75, 3.05) is 54.6 Å². The normalized spacial score (nSPS) is 30.4. The average molecular weight is 1070 g/mol. The summed E-state index contributed by atoms with van der Waals surface area (Å²) in [5, 5.41) is 1.76. The fraction of sp³-hybridized carbons (Fsp3) is 0.581. The van der Waals surface area contributed by atoms with Gasteiger partial charge in [-0.1, -0.05) is 12.2 Å². The molecular formula is C62H80N4O12. The Labute approximate surface area is 459 Å². The molecule has 420 valence electrons. The van der Waals surface area contributed by atoms with Crippen LogP contribution in [0.15, 0.2) is 86.2 Å². The summed E-state index contributed by atoms with van der Waals surface area (Å²) in [6.07, 6.45) is 14.0. The summed E-state index contributed by atoms with van der Waals surface area (Å²) in [6, 6.07) is 15.3. The average Bonchev–Trinajstić information content (AvgIpc) is 3.46. The van der Waals surface area contributed by atoms with Gasteiger partial charge in [-0.2, -0.15) is 0 Å². The van der Waals surface area contributed by atoms with Crippen molar-refractivity contribution in [1.82, 2.24) is 19.8 Å². The number of nitrogens with zero attached hydrogens (tertiary/aromatic N) is 4. The van der Waals surface area contributed by atoms with E-state index >= 15 is 0 Å². The lowest BCUT2D eigenvalue weighted by Gasteiger charge is -2.51. The van der Waals surface area contributed by atoms with Gasteiger partial charge in [0.2, 0.25) is 0 Å². The minimum Gasteiger partial charge on any atom is -0.497 e. The van der Waals surface area contributed by atoms with Gasteiger partial charge in [-0.15, -0.1) is 13.2 Å². The smallest absolute Gasteiger partial charge is 0.339 e. The highest BCUT2D eigenvalue weighted by Gasteiger charge is 2.54. The molecule has 78 heavy (non-hydrogen) atoms. The molecule has 4 aromatic rings. The Morgan fingerprint density at radius 2 is 1.04 bits per heavy atom. The summed E-state index contributed by atoms with van der Waals surface area (Å²) in [5.74, 6) is 1.22. The van der Waals surface area contributed by atoms with Crippen LogP contribution in [0.1, 0.15) is 128 Å². The summed E-state index contributed by atoms with van der Waals surface area (Å²) in [6.45, 7) is 19.6. The predicted octanol–water partition coefficient (Wildman–Crippen LogP) is 10.0. The first-order valence-corrected chi connectivity index (χ1v) is 27.9. The zero-order valence-corrected chi connectivity index (χ0v) is 47.0. The first kappa shape index (κ1) is 56.8. The van der Waals surface area contributed by atoms with Gasteiger partial charge in [0.1, 0.15) is 23.7 Å². The summed E-state index contributed by atoms with van der Waals surface area (Å²) < 4.78 is 46.9. The Balaban J connectivity index is 0.000000190. The molecular weight excluding hydrogens is 993 g/mol. The largest absolute Gasteiger partial charge is 0.497 e. The number of hydrogen-bond donors (Lipinski definition) is 0. The molecule has 10 heterocycles. The lowest BCUT2D eigenvalue weighted by atomic mass is 9.73. The molecule has 2 aromatic heterocycles. The molecule has 0 spiro atoms. The molecule has 16 nitrogen and oxygen atoms in total. The van der Waals surface area contributed by atoms with Gasteiger partial charge in [0, 0.05) is 47.4 Å². The van der Waals surface area contributed by atoms with E-state index in [0.717, 1.165) is 110 Å². The van der Waals surface area contributed by atoms with Gasteiger partial charge in [0.25, 0.3) is 0 Å². The minimum atomic E-state index is -1.40. The lowest BCUT2D eigenvalue weighted by Crippen LogP contribution is -2.57. The molecule has 8 fully saturated rings. The lowest BCUT2D eigenvalue weighted by molar-refractivity contribution is -0.219. The number of pyridine rings is 2. The third-order valence-electron chi connectivity index (χ3n) is 17.8. The molecule has 8 aliphatic heterocycles. The number of benzene rings is 2. The number of carbonyl (C=O) groups is 4. The highest BCUT2D eigenvalue weighted by molar-refractivity contribution is 5.89. The third-order valence-corrected chi connectivity index (χ3v) is 17.8. The SMILES string of the molecule is C=CC1CN2CC[C@H]1C[C@H]2[C@H](OC(=O)[C@]1(CC(=O)OC)CCCC(C)(C)O1)c1ccnc2ccc(OC)cc12.C=CC1CN2CC[C@H]1C[C@H]2[C@H](OC(=O)[C@]1(CC(=O)OC)CCCC(C)(C)O1)c1ccnc2ccc(OC)cc12. The van der Waals surface area contributed by atoms with Crippen LogP contribution in [0.2, 0.25) is 0 Å². The topological polar surface area (TPSA) is 174 Å². The van der Waals surface area contributed by atoms with Crippen LogP contribution in [0, 0.1) is 23.7 Å². The molecule has 8 saturated heterocycles. The van der Waals surface area contributed by atoms with Crippen molar-refractivity contribution in [3.63, 3.8) is 0 Å². The monoisotopic (exact) mass is 1070 g/mol. The zero-order chi connectivity index (χ0) is 55.6. The van der Waals surface area contributed by atoms with E-state index in [1.165, 1.54) is 14.2 Å². The Hall–Kier alpha value is -5.94. The molecule has 2 aromatic carbocycles. The maximum Gasteiger partial charge on any atom is 0.339 e. The van der Waals surface area contributed by atoms with Crippen molar-refractivity contribution in [2.24, 2.45) is 23.7 Å². The number of carbonyl (C=O) groups excluding carboxylic acids is 4. The van der Waals surface area contributed by atoms with E-state index < -0.39 is 58.5 Å². The molecule has 4 unspecified atom stereocenters. The van der Waals surface area contributed by atoms with E-state index in [-0.39, 0.29) is 24.9 Å². The molecule has 0 N–H and O–H groups in total. The molecule has 0 radical (unpaired) electrons. The van der Waals surface area contributed by atoms with Crippen molar-refractivity contribution in [3.05, 3.63) is 97.4 Å². The van der Waals surface area contributed by atoms with Crippen molar-refractivity contribution >= 4 is 45.7 Å². The highest BCUT2D eigenvalue weighted by atomic mass is 16.6. The van der Waals surface area contributed by atoms with Crippen LogP contribution in [0.5, 0.6) is 11.5 Å².